The first kappa shape index (κ1) is 14.2. The van der Waals surface area contributed by atoms with Crippen molar-refractivity contribution < 1.29 is 9.84 Å². The molecule has 1 aliphatic rings. The van der Waals surface area contributed by atoms with Gasteiger partial charge >= 0.3 is 0 Å². The molecule has 1 saturated heterocycles. The minimum absolute atomic E-state index is 0.346. The molecule has 0 aliphatic carbocycles. The Kier molecular flexibility index (Phi) is 4.39. The number of nitrogens with zero attached hydrogens (tertiary/aromatic N) is 2. The zero-order valence-corrected chi connectivity index (χ0v) is 11.7. The first-order valence-electron chi connectivity index (χ1n) is 6.81. The van der Waals surface area contributed by atoms with Gasteiger partial charge in [0.15, 0.2) is 0 Å². The molecular weight excluding hydrogens is 242 g/mol. The number of pyridine rings is 1. The van der Waals surface area contributed by atoms with E-state index in [1.807, 2.05) is 12.1 Å². The van der Waals surface area contributed by atoms with Crippen molar-refractivity contribution >= 4 is 5.82 Å². The van der Waals surface area contributed by atoms with E-state index in [4.69, 9.17) is 10.5 Å². The lowest BCUT2D eigenvalue weighted by Gasteiger charge is -2.46. The van der Waals surface area contributed by atoms with Crippen molar-refractivity contribution in [3.05, 3.63) is 23.9 Å². The lowest BCUT2D eigenvalue weighted by Crippen LogP contribution is -2.54. The van der Waals surface area contributed by atoms with Gasteiger partial charge in [0.1, 0.15) is 11.9 Å². The van der Waals surface area contributed by atoms with Gasteiger partial charge in [-0.05, 0) is 19.4 Å². The van der Waals surface area contributed by atoms with Gasteiger partial charge in [0.2, 0.25) is 0 Å². The Balaban J connectivity index is 2.27. The molecule has 2 atom stereocenters. The number of aliphatic hydroxyl groups excluding tert-OH is 1. The van der Waals surface area contributed by atoms with Crippen LogP contribution < -0.4 is 5.73 Å². The summed E-state index contributed by atoms with van der Waals surface area (Å²) in [4.78, 5) is 6.35. The molecule has 1 fully saturated rings. The van der Waals surface area contributed by atoms with E-state index in [1.165, 1.54) is 0 Å². The Morgan fingerprint density at radius 3 is 2.79 bits per heavy atom. The quantitative estimate of drug-likeness (QED) is 0.856. The minimum Gasteiger partial charge on any atom is -0.386 e. The molecule has 2 unspecified atom stereocenters. The number of hydrogen-bond acceptors (Lipinski definition) is 5. The third kappa shape index (κ3) is 2.73. The highest BCUT2D eigenvalue weighted by molar-refractivity contribution is 5.41. The fourth-order valence-corrected chi connectivity index (χ4v) is 2.66. The van der Waals surface area contributed by atoms with Crippen LogP contribution in [-0.2, 0) is 4.74 Å². The molecule has 5 nitrogen and oxygen atoms in total. The van der Waals surface area contributed by atoms with Crippen LogP contribution in [0.3, 0.4) is 0 Å². The van der Waals surface area contributed by atoms with Gasteiger partial charge < -0.3 is 15.6 Å². The summed E-state index contributed by atoms with van der Waals surface area (Å²) in [6.45, 7) is 7.26. The topological polar surface area (TPSA) is 71.6 Å². The average molecular weight is 265 g/mol. The van der Waals surface area contributed by atoms with Crippen LogP contribution in [0.15, 0.2) is 18.3 Å². The maximum absolute atomic E-state index is 10.8. The maximum Gasteiger partial charge on any atom is 0.129 e. The average Bonchev–Trinajstić information content (AvgIpc) is 2.47. The van der Waals surface area contributed by atoms with Gasteiger partial charge in [0.25, 0.3) is 0 Å². The second-order valence-electron chi connectivity index (χ2n) is 5.19. The van der Waals surface area contributed by atoms with Crippen LogP contribution in [0.4, 0.5) is 5.82 Å². The summed E-state index contributed by atoms with van der Waals surface area (Å²) in [5, 5.41) is 10.8. The number of aliphatic hydroxyl groups is 1. The second-order valence-corrected chi connectivity index (χ2v) is 5.19. The molecule has 5 heteroatoms. The van der Waals surface area contributed by atoms with Crippen molar-refractivity contribution in [3.8, 4) is 0 Å². The van der Waals surface area contributed by atoms with Crippen molar-refractivity contribution in [3.63, 3.8) is 0 Å². The highest BCUT2D eigenvalue weighted by atomic mass is 16.5. The first-order valence-corrected chi connectivity index (χ1v) is 6.81. The molecule has 19 heavy (non-hydrogen) atoms. The molecular formula is C14H23N3O2. The van der Waals surface area contributed by atoms with Crippen LogP contribution in [0, 0.1) is 0 Å². The van der Waals surface area contributed by atoms with E-state index in [-0.39, 0.29) is 5.54 Å². The number of anilines is 1. The molecule has 1 aromatic heterocycles. The number of aromatic nitrogens is 1. The summed E-state index contributed by atoms with van der Waals surface area (Å²) < 4.78 is 5.39. The zero-order valence-electron chi connectivity index (χ0n) is 11.7. The van der Waals surface area contributed by atoms with Crippen LogP contribution >= 0.6 is 0 Å². The van der Waals surface area contributed by atoms with Crippen LogP contribution in [0.25, 0.3) is 0 Å². The lowest BCUT2D eigenvalue weighted by atomic mass is 9.85. The van der Waals surface area contributed by atoms with E-state index in [1.54, 1.807) is 6.20 Å². The third-order valence-corrected chi connectivity index (χ3v) is 4.20. The monoisotopic (exact) mass is 265 g/mol. The van der Waals surface area contributed by atoms with E-state index in [9.17, 15) is 5.11 Å². The van der Waals surface area contributed by atoms with Crippen molar-refractivity contribution in [1.29, 1.82) is 0 Å². The number of nitrogen functional groups attached to an aromatic ring is 1. The van der Waals surface area contributed by atoms with E-state index in [0.717, 1.165) is 19.5 Å². The number of rotatable bonds is 4. The van der Waals surface area contributed by atoms with Crippen LogP contribution in [0.5, 0.6) is 0 Å². The predicted molar refractivity (Wildman–Crippen MR) is 74.7 cm³/mol. The van der Waals surface area contributed by atoms with E-state index in [0.29, 0.717) is 24.6 Å². The first-order chi connectivity index (χ1) is 9.09. The molecule has 1 aromatic rings. The van der Waals surface area contributed by atoms with Crippen LogP contribution in [0.1, 0.15) is 31.9 Å². The summed E-state index contributed by atoms with van der Waals surface area (Å²) >= 11 is 0. The van der Waals surface area contributed by atoms with Crippen molar-refractivity contribution in [2.24, 2.45) is 0 Å². The molecule has 3 N–H and O–H groups in total. The molecule has 0 aromatic carbocycles. The van der Waals surface area contributed by atoms with E-state index in [2.05, 4.69) is 23.7 Å². The SMILES string of the molecule is CCC(C)(C(O)c1cccnc1N)N1CCOCC1. The minimum atomic E-state index is -0.649. The third-order valence-electron chi connectivity index (χ3n) is 4.20. The normalized spacial score (nSPS) is 21.8. The van der Waals surface area contributed by atoms with E-state index < -0.39 is 6.10 Å². The Morgan fingerprint density at radius 2 is 2.21 bits per heavy atom. The van der Waals surface area contributed by atoms with Gasteiger partial charge in [-0.25, -0.2) is 4.98 Å². The second kappa shape index (κ2) is 5.86. The molecule has 106 valence electrons. The van der Waals surface area contributed by atoms with Crippen LogP contribution in [0.2, 0.25) is 0 Å². The Morgan fingerprint density at radius 1 is 1.53 bits per heavy atom. The summed E-state index contributed by atoms with van der Waals surface area (Å²) in [7, 11) is 0. The zero-order chi connectivity index (χ0) is 13.9. The number of hydrogen-bond donors (Lipinski definition) is 2. The van der Waals surface area contributed by atoms with Crippen molar-refractivity contribution in [1.82, 2.24) is 9.88 Å². The van der Waals surface area contributed by atoms with Gasteiger partial charge in [-0.15, -0.1) is 0 Å². The fraction of sp³-hybridized carbons (Fsp3) is 0.643. The van der Waals surface area contributed by atoms with Gasteiger partial charge in [-0.2, -0.15) is 0 Å². The van der Waals surface area contributed by atoms with Gasteiger partial charge in [0, 0.05) is 30.4 Å². The Bertz CT molecular complexity index is 421. The summed E-state index contributed by atoms with van der Waals surface area (Å²) in [6.07, 6.45) is 1.83. The highest BCUT2D eigenvalue weighted by Gasteiger charge is 2.39. The molecule has 1 aliphatic heterocycles. The smallest absolute Gasteiger partial charge is 0.129 e. The number of ether oxygens (including phenoxy) is 1. The summed E-state index contributed by atoms with van der Waals surface area (Å²) in [6, 6.07) is 3.66. The Hall–Kier alpha value is -1.17. The fourth-order valence-electron chi connectivity index (χ4n) is 2.66. The van der Waals surface area contributed by atoms with Gasteiger partial charge in [-0.3, -0.25) is 4.90 Å². The summed E-state index contributed by atoms with van der Waals surface area (Å²) in [5.41, 5.74) is 6.25. The standard InChI is InChI=1S/C14H23N3O2/c1-3-14(2,17-7-9-19-10-8-17)12(18)11-5-4-6-16-13(11)15/h4-6,12,18H,3,7-10H2,1-2H3,(H2,15,16). The van der Waals surface area contributed by atoms with Gasteiger partial charge in [0.05, 0.1) is 13.2 Å². The predicted octanol–water partition coefficient (Wildman–Crippen LogP) is 1.20. The van der Waals surface area contributed by atoms with E-state index >= 15 is 0 Å². The lowest BCUT2D eigenvalue weighted by molar-refractivity contribution is -0.0732. The molecule has 2 rings (SSSR count). The molecule has 2 heterocycles. The molecule has 0 saturated carbocycles. The molecule has 0 bridgehead atoms. The summed E-state index contributed by atoms with van der Waals surface area (Å²) in [5.74, 6) is 0.405. The van der Waals surface area contributed by atoms with Crippen molar-refractivity contribution in [2.75, 3.05) is 32.0 Å². The van der Waals surface area contributed by atoms with Gasteiger partial charge in [-0.1, -0.05) is 13.0 Å². The van der Waals surface area contributed by atoms with Crippen molar-refractivity contribution in [2.45, 2.75) is 31.9 Å². The highest BCUT2D eigenvalue weighted by Crippen LogP contribution is 2.36. The molecule has 0 radical (unpaired) electrons. The molecule has 0 spiro atoms. The largest absolute Gasteiger partial charge is 0.386 e. The van der Waals surface area contributed by atoms with Crippen LogP contribution in [-0.4, -0.2) is 46.8 Å². The number of nitrogens with two attached hydrogens (primary N) is 1. The molecule has 0 amide bonds. The number of morpholine rings is 1. The Labute approximate surface area is 114 Å². The maximum atomic E-state index is 10.8.